The summed E-state index contributed by atoms with van der Waals surface area (Å²) in [7, 11) is 3.37. The monoisotopic (exact) mass is 270 g/mol. The number of rotatable bonds is 5. The Morgan fingerprint density at radius 2 is 1.89 bits per heavy atom. The van der Waals surface area contributed by atoms with Crippen molar-refractivity contribution < 1.29 is 9.59 Å². The van der Waals surface area contributed by atoms with Gasteiger partial charge in [-0.25, -0.2) is 0 Å². The van der Waals surface area contributed by atoms with E-state index in [0.29, 0.717) is 13.0 Å². The fourth-order valence-corrected chi connectivity index (χ4v) is 2.32. The van der Waals surface area contributed by atoms with E-state index in [-0.39, 0.29) is 11.8 Å². The summed E-state index contributed by atoms with van der Waals surface area (Å²) in [5, 5.41) is 5.85. The van der Waals surface area contributed by atoms with Crippen molar-refractivity contribution in [3.05, 3.63) is 0 Å². The van der Waals surface area contributed by atoms with Crippen LogP contribution in [-0.2, 0) is 9.59 Å². The van der Waals surface area contributed by atoms with Crippen LogP contribution in [-0.4, -0.2) is 74.0 Å². The molecule has 6 heteroatoms. The van der Waals surface area contributed by atoms with Crippen LogP contribution in [0.2, 0.25) is 0 Å². The number of hydrogen-bond donors (Lipinski definition) is 2. The molecule has 1 saturated heterocycles. The second-order valence-electron chi connectivity index (χ2n) is 5.45. The van der Waals surface area contributed by atoms with Gasteiger partial charge in [0.05, 0.1) is 5.54 Å². The SMILES string of the molecule is CNC(=O)CCN(C)C(=O)C(C)(C)N1CCNCC1. The number of piperazine rings is 1. The molecule has 0 aromatic heterocycles. The molecule has 1 rings (SSSR count). The Kier molecular flexibility index (Phi) is 5.75. The summed E-state index contributed by atoms with van der Waals surface area (Å²) in [6.45, 7) is 7.95. The van der Waals surface area contributed by atoms with Gasteiger partial charge in [0.25, 0.3) is 0 Å². The van der Waals surface area contributed by atoms with Gasteiger partial charge in [0.2, 0.25) is 11.8 Å². The lowest BCUT2D eigenvalue weighted by Gasteiger charge is -2.41. The predicted molar refractivity (Wildman–Crippen MR) is 74.8 cm³/mol. The molecule has 2 N–H and O–H groups in total. The summed E-state index contributed by atoms with van der Waals surface area (Å²) >= 11 is 0. The van der Waals surface area contributed by atoms with Crippen molar-refractivity contribution in [1.82, 2.24) is 20.4 Å². The molecule has 1 aliphatic rings. The second kappa shape index (κ2) is 6.86. The molecular weight excluding hydrogens is 244 g/mol. The van der Waals surface area contributed by atoms with E-state index in [9.17, 15) is 9.59 Å². The van der Waals surface area contributed by atoms with E-state index in [1.165, 1.54) is 0 Å². The number of carbonyl (C=O) groups excluding carboxylic acids is 2. The van der Waals surface area contributed by atoms with Gasteiger partial charge in [0.15, 0.2) is 0 Å². The summed E-state index contributed by atoms with van der Waals surface area (Å²) in [6, 6.07) is 0. The van der Waals surface area contributed by atoms with Crippen LogP contribution in [0.15, 0.2) is 0 Å². The third kappa shape index (κ3) is 4.18. The zero-order valence-corrected chi connectivity index (χ0v) is 12.5. The number of carbonyl (C=O) groups is 2. The second-order valence-corrected chi connectivity index (χ2v) is 5.45. The quantitative estimate of drug-likeness (QED) is 0.691. The van der Waals surface area contributed by atoms with Gasteiger partial charge in [-0.3, -0.25) is 14.5 Å². The Balaban J connectivity index is 2.55. The van der Waals surface area contributed by atoms with Gasteiger partial charge >= 0.3 is 0 Å². The van der Waals surface area contributed by atoms with Crippen molar-refractivity contribution in [2.45, 2.75) is 25.8 Å². The van der Waals surface area contributed by atoms with Gasteiger partial charge in [0.1, 0.15) is 0 Å². The standard InChI is InChI=1S/C13H26N4O2/c1-13(2,17-9-6-15-7-10-17)12(19)16(4)8-5-11(18)14-3/h15H,5-10H2,1-4H3,(H,14,18). The molecule has 110 valence electrons. The molecule has 0 aromatic rings. The van der Waals surface area contributed by atoms with Crippen molar-refractivity contribution >= 4 is 11.8 Å². The van der Waals surface area contributed by atoms with Crippen molar-refractivity contribution in [1.29, 1.82) is 0 Å². The van der Waals surface area contributed by atoms with Gasteiger partial charge < -0.3 is 15.5 Å². The maximum absolute atomic E-state index is 12.5. The normalized spacial score (nSPS) is 17.1. The van der Waals surface area contributed by atoms with E-state index < -0.39 is 5.54 Å². The highest BCUT2D eigenvalue weighted by Crippen LogP contribution is 2.18. The number of likely N-dealkylation sites (N-methyl/N-ethyl adjacent to an activating group) is 1. The average Bonchev–Trinajstić information content (AvgIpc) is 2.44. The molecule has 2 amide bonds. The van der Waals surface area contributed by atoms with Crippen molar-refractivity contribution in [3.8, 4) is 0 Å². The number of amides is 2. The first-order valence-corrected chi connectivity index (χ1v) is 6.81. The third-order valence-corrected chi connectivity index (χ3v) is 3.73. The van der Waals surface area contributed by atoms with Crippen LogP contribution in [0, 0.1) is 0 Å². The molecule has 6 nitrogen and oxygen atoms in total. The number of nitrogens with one attached hydrogen (secondary N) is 2. The van der Waals surface area contributed by atoms with Gasteiger partial charge in [-0.1, -0.05) is 0 Å². The highest BCUT2D eigenvalue weighted by atomic mass is 16.2. The summed E-state index contributed by atoms with van der Waals surface area (Å²) in [5.74, 6) is 0.0259. The first-order chi connectivity index (χ1) is 8.89. The largest absolute Gasteiger partial charge is 0.359 e. The molecule has 0 radical (unpaired) electrons. The Morgan fingerprint density at radius 3 is 2.42 bits per heavy atom. The Morgan fingerprint density at radius 1 is 1.32 bits per heavy atom. The van der Waals surface area contributed by atoms with E-state index in [1.54, 1.807) is 19.0 Å². The lowest BCUT2D eigenvalue weighted by molar-refractivity contribution is -0.142. The smallest absolute Gasteiger partial charge is 0.242 e. The van der Waals surface area contributed by atoms with Gasteiger partial charge in [-0.15, -0.1) is 0 Å². The molecule has 0 saturated carbocycles. The topological polar surface area (TPSA) is 64.7 Å². The number of nitrogens with zero attached hydrogens (tertiary/aromatic N) is 2. The highest BCUT2D eigenvalue weighted by molar-refractivity contribution is 5.86. The van der Waals surface area contributed by atoms with Crippen LogP contribution >= 0.6 is 0 Å². The first kappa shape index (κ1) is 15.9. The molecule has 0 atom stereocenters. The van der Waals surface area contributed by atoms with E-state index in [1.807, 2.05) is 13.8 Å². The highest BCUT2D eigenvalue weighted by Gasteiger charge is 2.36. The molecule has 0 aliphatic carbocycles. The van der Waals surface area contributed by atoms with Crippen LogP contribution in [0.25, 0.3) is 0 Å². The minimum atomic E-state index is -0.514. The lowest BCUT2D eigenvalue weighted by atomic mass is 9.99. The summed E-state index contributed by atoms with van der Waals surface area (Å²) < 4.78 is 0. The summed E-state index contributed by atoms with van der Waals surface area (Å²) in [5.41, 5.74) is -0.514. The molecule has 0 bridgehead atoms. The lowest BCUT2D eigenvalue weighted by Crippen LogP contribution is -2.60. The minimum absolute atomic E-state index is 0.0420. The van der Waals surface area contributed by atoms with Crippen LogP contribution in [0.3, 0.4) is 0 Å². The third-order valence-electron chi connectivity index (χ3n) is 3.73. The Bertz CT molecular complexity index is 325. The zero-order chi connectivity index (χ0) is 14.5. The molecule has 19 heavy (non-hydrogen) atoms. The van der Waals surface area contributed by atoms with E-state index in [0.717, 1.165) is 26.2 Å². The molecule has 1 fully saturated rings. The van der Waals surface area contributed by atoms with Crippen molar-refractivity contribution in [3.63, 3.8) is 0 Å². The molecule has 0 unspecified atom stereocenters. The predicted octanol–water partition coefficient (Wildman–Crippen LogP) is -0.735. The van der Waals surface area contributed by atoms with E-state index in [2.05, 4.69) is 15.5 Å². The van der Waals surface area contributed by atoms with Crippen LogP contribution in [0.4, 0.5) is 0 Å². The Hall–Kier alpha value is -1.14. The van der Waals surface area contributed by atoms with E-state index in [4.69, 9.17) is 0 Å². The summed E-state index contributed by atoms with van der Waals surface area (Å²) in [4.78, 5) is 27.6. The molecule has 0 spiro atoms. The van der Waals surface area contributed by atoms with Crippen LogP contribution in [0.1, 0.15) is 20.3 Å². The average molecular weight is 270 g/mol. The zero-order valence-electron chi connectivity index (χ0n) is 12.5. The van der Waals surface area contributed by atoms with Crippen LogP contribution in [0.5, 0.6) is 0 Å². The molecule has 0 aromatic carbocycles. The molecular formula is C13H26N4O2. The minimum Gasteiger partial charge on any atom is -0.359 e. The van der Waals surface area contributed by atoms with Crippen molar-refractivity contribution in [2.75, 3.05) is 46.8 Å². The first-order valence-electron chi connectivity index (χ1n) is 6.81. The fraction of sp³-hybridized carbons (Fsp3) is 0.846. The fourth-order valence-electron chi connectivity index (χ4n) is 2.32. The van der Waals surface area contributed by atoms with Gasteiger partial charge in [-0.05, 0) is 13.8 Å². The summed E-state index contributed by atoms with van der Waals surface area (Å²) in [6.07, 6.45) is 0.344. The van der Waals surface area contributed by atoms with E-state index >= 15 is 0 Å². The molecule has 1 heterocycles. The Labute approximate surface area is 115 Å². The van der Waals surface area contributed by atoms with Crippen molar-refractivity contribution in [2.24, 2.45) is 0 Å². The van der Waals surface area contributed by atoms with Crippen LogP contribution < -0.4 is 10.6 Å². The maximum atomic E-state index is 12.5. The van der Waals surface area contributed by atoms with Gasteiger partial charge in [0, 0.05) is 53.2 Å². The number of hydrogen-bond acceptors (Lipinski definition) is 4. The van der Waals surface area contributed by atoms with Gasteiger partial charge in [-0.2, -0.15) is 0 Å². The molecule has 1 aliphatic heterocycles. The maximum Gasteiger partial charge on any atom is 0.242 e.